The van der Waals surface area contributed by atoms with Gasteiger partial charge in [-0.25, -0.2) is 0 Å². The Kier molecular flexibility index (Phi) is 4.75. The first-order valence-corrected chi connectivity index (χ1v) is 10.0. The fraction of sp³-hybridized carbons (Fsp3) is 0.0833. The Morgan fingerprint density at radius 3 is 2.59 bits per heavy atom. The zero-order valence-electron chi connectivity index (χ0n) is 16.7. The molecule has 1 aliphatic rings. The van der Waals surface area contributed by atoms with Crippen molar-refractivity contribution in [1.82, 2.24) is 0 Å². The zero-order valence-corrected chi connectivity index (χ0v) is 17.5. The van der Waals surface area contributed by atoms with Crippen LogP contribution in [0.25, 0.3) is 11.0 Å². The monoisotopic (exact) mass is 449 g/mol. The van der Waals surface area contributed by atoms with Gasteiger partial charge in [-0.1, -0.05) is 11.6 Å². The van der Waals surface area contributed by atoms with Crippen LogP contribution in [0.15, 0.2) is 87.1 Å². The summed E-state index contributed by atoms with van der Waals surface area (Å²) in [5.74, 6) is -1.11. The normalized spacial score (nSPS) is 16.2. The standard InChI is InChI=1S/C24H16ClNO6/c1-30-16-7-5-15(6-8-16)26-21(18-3-2-10-31-18)20(23(28)24(26)29)22(27)19-12-13-11-14(25)4-9-17(13)32-19/h2-12,21,28H,1H3. The number of ketones is 1. The Morgan fingerprint density at radius 1 is 1.12 bits per heavy atom. The highest BCUT2D eigenvalue weighted by Gasteiger charge is 2.46. The second kappa shape index (κ2) is 7.62. The van der Waals surface area contributed by atoms with Gasteiger partial charge in [-0.05, 0) is 60.7 Å². The number of amides is 1. The lowest BCUT2D eigenvalue weighted by molar-refractivity contribution is -0.117. The van der Waals surface area contributed by atoms with Crippen LogP contribution in [0, 0.1) is 0 Å². The molecule has 1 aliphatic heterocycles. The molecule has 4 aromatic rings. The molecule has 1 unspecified atom stereocenters. The van der Waals surface area contributed by atoms with E-state index < -0.39 is 23.5 Å². The van der Waals surface area contributed by atoms with E-state index in [2.05, 4.69) is 0 Å². The van der Waals surface area contributed by atoms with Crippen LogP contribution in [-0.4, -0.2) is 23.9 Å². The van der Waals surface area contributed by atoms with E-state index in [0.29, 0.717) is 33.2 Å². The number of hydrogen-bond acceptors (Lipinski definition) is 6. The maximum absolute atomic E-state index is 13.5. The van der Waals surface area contributed by atoms with Crippen LogP contribution in [0.5, 0.6) is 5.75 Å². The van der Waals surface area contributed by atoms with Crippen LogP contribution in [0.2, 0.25) is 5.02 Å². The third-order valence-electron chi connectivity index (χ3n) is 5.32. The fourth-order valence-electron chi connectivity index (χ4n) is 3.82. The molecule has 7 nitrogen and oxygen atoms in total. The van der Waals surface area contributed by atoms with E-state index in [4.69, 9.17) is 25.2 Å². The molecule has 2 aromatic carbocycles. The smallest absolute Gasteiger partial charge is 0.294 e. The lowest BCUT2D eigenvalue weighted by Crippen LogP contribution is -2.30. The fourth-order valence-corrected chi connectivity index (χ4v) is 4.00. The second-order valence-corrected chi connectivity index (χ2v) is 7.61. The van der Waals surface area contributed by atoms with E-state index in [1.165, 1.54) is 24.3 Å². The highest BCUT2D eigenvalue weighted by atomic mass is 35.5. The number of aliphatic hydroxyl groups is 1. The summed E-state index contributed by atoms with van der Waals surface area (Å²) in [4.78, 5) is 27.8. The number of furan rings is 2. The van der Waals surface area contributed by atoms with E-state index in [0.717, 1.165) is 0 Å². The van der Waals surface area contributed by atoms with Gasteiger partial charge in [-0.3, -0.25) is 14.5 Å². The largest absolute Gasteiger partial charge is 0.503 e. The number of halogens is 1. The Hall–Kier alpha value is -3.97. The number of carbonyl (C=O) groups excluding carboxylic acids is 2. The molecular formula is C24H16ClNO6. The van der Waals surface area contributed by atoms with Gasteiger partial charge in [0.1, 0.15) is 23.1 Å². The molecule has 3 heterocycles. The molecule has 0 saturated heterocycles. The third kappa shape index (κ3) is 3.14. The average Bonchev–Trinajstić information content (AvgIpc) is 3.52. The minimum absolute atomic E-state index is 0.0234. The average molecular weight is 450 g/mol. The minimum Gasteiger partial charge on any atom is -0.503 e. The highest BCUT2D eigenvalue weighted by molar-refractivity contribution is 6.31. The number of methoxy groups -OCH3 is 1. The Morgan fingerprint density at radius 2 is 1.91 bits per heavy atom. The summed E-state index contributed by atoms with van der Waals surface area (Å²) >= 11 is 6.03. The van der Waals surface area contributed by atoms with Crippen LogP contribution in [0.4, 0.5) is 5.69 Å². The van der Waals surface area contributed by atoms with Crippen molar-refractivity contribution < 1.29 is 28.3 Å². The van der Waals surface area contributed by atoms with Crippen molar-refractivity contribution in [2.45, 2.75) is 6.04 Å². The molecule has 1 atom stereocenters. The zero-order chi connectivity index (χ0) is 22.4. The van der Waals surface area contributed by atoms with Crippen LogP contribution in [-0.2, 0) is 4.79 Å². The molecule has 1 amide bonds. The first-order valence-electron chi connectivity index (χ1n) is 9.66. The molecule has 5 rings (SSSR count). The summed E-state index contributed by atoms with van der Waals surface area (Å²) in [5.41, 5.74) is 0.789. The van der Waals surface area contributed by atoms with Gasteiger partial charge < -0.3 is 18.7 Å². The molecule has 0 bridgehead atoms. The van der Waals surface area contributed by atoms with Crippen molar-refractivity contribution in [2.75, 3.05) is 12.0 Å². The number of rotatable bonds is 5. The number of benzene rings is 2. The Labute approximate surface area is 187 Å². The molecular weight excluding hydrogens is 434 g/mol. The first-order chi connectivity index (χ1) is 15.5. The summed E-state index contributed by atoms with van der Waals surface area (Å²) in [6, 6.07) is 15.5. The lowest BCUT2D eigenvalue weighted by atomic mass is 9.99. The summed E-state index contributed by atoms with van der Waals surface area (Å²) in [7, 11) is 1.53. The van der Waals surface area contributed by atoms with E-state index in [-0.39, 0.29) is 11.3 Å². The number of fused-ring (bicyclic) bond motifs is 1. The van der Waals surface area contributed by atoms with E-state index in [1.807, 2.05) is 0 Å². The van der Waals surface area contributed by atoms with Gasteiger partial charge in [-0.15, -0.1) is 0 Å². The summed E-state index contributed by atoms with van der Waals surface area (Å²) in [5, 5.41) is 11.9. The van der Waals surface area contributed by atoms with Gasteiger partial charge in [0.25, 0.3) is 5.91 Å². The van der Waals surface area contributed by atoms with Crippen LogP contribution >= 0.6 is 11.6 Å². The topological polar surface area (TPSA) is 93.1 Å². The maximum Gasteiger partial charge on any atom is 0.294 e. The Balaban J connectivity index is 1.61. The van der Waals surface area contributed by atoms with E-state index >= 15 is 0 Å². The number of hydrogen-bond donors (Lipinski definition) is 1. The van der Waals surface area contributed by atoms with Crippen molar-refractivity contribution in [3.05, 3.63) is 94.8 Å². The quantitative estimate of drug-likeness (QED) is 0.406. The van der Waals surface area contributed by atoms with Gasteiger partial charge in [0.15, 0.2) is 11.5 Å². The Bertz CT molecular complexity index is 1370. The van der Waals surface area contributed by atoms with Crippen molar-refractivity contribution in [3.63, 3.8) is 0 Å². The number of aliphatic hydroxyl groups excluding tert-OH is 1. The number of nitrogens with zero attached hydrogens (tertiary/aromatic N) is 1. The predicted octanol–water partition coefficient (Wildman–Crippen LogP) is 5.47. The van der Waals surface area contributed by atoms with Gasteiger partial charge in [0.2, 0.25) is 5.78 Å². The molecule has 8 heteroatoms. The molecule has 0 aliphatic carbocycles. The summed E-state index contributed by atoms with van der Waals surface area (Å²) in [6.07, 6.45) is 1.44. The van der Waals surface area contributed by atoms with Gasteiger partial charge >= 0.3 is 0 Å². The number of ether oxygens (including phenoxy) is 1. The van der Waals surface area contributed by atoms with Gasteiger partial charge in [-0.2, -0.15) is 0 Å². The highest BCUT2D eigenvalue weighted by Crippen LogP contribution is 2.42. The number of carbonyl (C=O) groups is 2. The molecule has 1 N–H and O–H groups in total. The van der Waals surface area contributed by atoms with Gasteiger partial charge in [0, 0.05) is 16.1 Å². The molecule has 0 spiro atoms. The SMILES string of the molecule is COc1ccc(N2C(=O)C(O)=C(C(=O)c3cc4cc(Cl)ccc4o3)C2c2ccco2)cc1. The molecule has 2 aromatic heterocycles. The molecule has 160 valence electrons. The molecule has 0 fully saturated rings. The summed E-state index contributed by atoms with van der Waals surface area (Å²) < 4.78 is 16.4. The first kappa shape index (κ1) is 20.0. The van der Waals surface area contributed by atoms with Crippen LogP contribution < -0.4 is 9.64 Å². The third-order valence-corrected chi connectivity index (χ3v) is 5.55. The maximum atomic E-state index is 13.5. The number of Topliss-reactive ketones (excluding diaryl/α,β-unsaturated/α-hetero) is 1. The minimum atomic E-state index is -0.977. The second-order valence-electron chi connectivity index (χ2n) is 7.18. The van der Waals surface area contributed by atoms with Crippen molar-refractivity contribution in [1.29, 1.82) is 0 Å². The number of anilines is 1. The van der Waals surface area contributed by atoms with Crippen molar-refractivity contribution in [2.24, 2.45) is 0 Å². The van der Waals surface area contributed by atoms with E-state index in [9.17, 15) is 14.7 Å². The lowest BCUT2D eigenvalue weighted by Gasteiger charge is -2.24. The molecule has 32 heavy (non-hydrogen) atoms. The van der Waals surface area contributed by atoms with E-state index in [1.54, 1.807) is 54.6 Å². The molecule has 0 saturated carbocycles. The molecule has 0 radical (unpaired) electrons. The van der Waals surface area contributed by atoms with Gasteiger partial charge in [0.05, 0.1) is 18.9 Å². The van der Waals surface area contributed by atoms with Crippen LogP contribution in [0.1, 0.15) is 22.4 Å². The van der Waals surface area contributed by atoms with Crippen molar-refractivity contribution in [3.8, 4) is 5.75 Å². The predicted molar refractivity (Wildman–Crippen MR) is 117 cm³/mol. The van der Waals surface area contributed by atoms with Crippen LogP contribution in [0.3, 0.4) is 0 Å². The van der Waals surface area contributed by atoms with Crippen molar-refractivity contribution >= 4 is 39.9 Å². The summed E-state index contributed by atoms with van der Waals surface area (Å²) in [6.45, 7) is 0.